The van der Waals surface area contributed by atoms with Gasteiger partial charge in [-0.3, -0.25) is 4.72 Å². The van der Waals surface area contributed by atoms with Crippen LogP contribution < -0.4 is 9.83 Å². The predicted octanol–water partition coefficient (Wildman–Crippen LogP) is 3.32. The van der Waals surface area contributed by atoms with Crippen LogP contribution in [0.3, 0.4) is 0 Å². The second-order valence-corrected chi connectivity index (χ2v) is 10.9. The minimum atomic E-state index is -3.73. The number of carbonyl (C=O) groups excluding carboxylic acids is 1. The van der Waals surface area contributed by atoms with E-state index in [-0.39, 0.29) is 15.9 Å². The number of carbonyl (C=O) groups is 1. The highest BCUT2D eigenvalue weighted by Gasteiger charge is 2.51. The Balaban J connectivity index is 1.36. The van der Waals surface area contributed by atoms with Crippen LogP contribution in [0.4, 0.5) is 5.69 Å². The highest BCUT2D eigenvalue weighted by molar-refractivity contribution is 7.92. The highest BCUT2D eigenvalue weighted by Crippen LogP contribution is 2.60. The number of anilines is 1. The molecular weight excluding hydrogens is 386 g/mol. The first kappa shape index (κ1) is 18.7. The second-order valence-electron chi connectivity index (χ2n) is 9.19. The third-order valence-electron chi connectivity index (χ3n) is 7.19. The molecule has 0 heterocycles. The van der Waals surface area contributed by atoms with Gasteiger partial charge in [-0.05, 0) is 97.1 Å². The second kappa shape index (κ2) is 6.59. The van der Waals surface area contributed by atoms with Crippen molar-refractivity contribution in [3.05, 3.63) is 59.7 Å². The van der Waals surface area contributed by atoms with Crippen LogP contribution >= 0.6 is 0 Å². The summed E-state index contributed by atoms with van der Waals surface area (Å²) in [5, 5.41) is 10.8. The lowest BCUT2D eigenvalue weighted by molar-refractivity contribution is -0.255. The number of sulfonamides is 1. The Labute approximate surface area is 171 Å². The van der Waals surface area contributed by atoms with Gasteiger partial charge in [0.25, 0.3) is 10.0 Å². The van der Waals surface area contributed by atoms with Crippen LogP contribution in [-0.2, 0) is 15.4 Å². The van der Waals surface area contributed by atoms with Gasteiger partial charge >= 0.3 is 0 Å². The fourth-order valence-corrected chi connectivity index (χ4v) is 7.40. The van der Waals surface area contributed by atoms with E-state index in [1.165, 1.54) is 68.4 Å². The highest BCUT2D eigenvalue weighted by atomic mass is 32.2. The minimum absolute atomic E-state index is 0.00729. The van der Waals surface area contributed by atoms with Gasteiger partial charge in [-0.2, -0.15) is 0 Å². The van der Waals surface area contributed by atoms with E-state index < -0.39 is 16.0 Å². The summed E-state index contributed by atoms with van der Waals surface area (Å²) >= 11 is 0. The average molecular weight is 411 g/mol. The smallest absolute Gasteiger partial charge is 0.261 e. The molecule has 4 aliphatic rings. The van der Waals surface area contributed by atoms with E-state index >= 15 is 0 Å². The minimum Gasteiger partial charge on any atom is -0.545 e. The monoisotopic (exact) mass is 410 g/mol. The molecule has 0 spiro atoms. The topological polar surface area (TPSA) is 86.3 Å². The summed E-state index contributed by atoms with van der Waals surface area (Å²) in [5.41, 5.74) is 1.85. The number of benzene rings is 2. The number of hydrogen-bond donors (Lipinski definition) is 1. The first-order valence-electron chi connectivity index (χ1n) is 10.3. The molecule has 0 aromatic heterocycles. The van der Waals surface area contributed by atoms with Crippen molar-refractivity contribution < 1.29 is 18.3 Å². The lowest BCUT2D eigenvalue weighted by Crippen LogP contribution is -2.48. The van der Waals surface area contributed by atoms with E-state index in [0.717, 1.165) is 17.8 Å². The molecule has 0 amide bonds. The van der Waals surface area contributed by atoms with E-state index in [2.05, 4.69) is 4.72 Å². The van der Waals surface area contributed by atoms with Crippen LogP contribution in [0, 0.1) is 17.8 Å². The van der Waals surface area contributed by atoms with Crippen molar-refractivity contribution in [1.82, 2.24) is 0 Å². The quantitative estimate of drug-likeness (QED) is 0.819. The Kier molecular flexibility index (Phi) is 4.24. The van der Waals surface area contributed by atoms with Gasteiger partial charge in [0.2, 0.25) is 0 Å². The molecule has 152 valence electrons. The van der Waals surface area contributed by atoms with Crippen molar-refractivity contribution >= 4 is 21.7 Å². The van der Waals surface area contributed by atoms with E-state index in [1.807, 2.05) is 12.1 Å². The fourth-order valence-electron chi connectivity index (χ4n) is 6.34. The SMILES string of the molecule is O=C([O-])c1ccc(NS(=O)(=O)c2ccc(C34CC5CC(CC(C5)C3)C4)cc2)cc1. The molecule has 0 aliphatic heterocycles. The lowest BCUT2D eigenvalue weighted by atomic mass is 9.48. The number of hydrogen-bond acceptors (Lipinski definition) is 4. The first-order valence-corrected chi connectivity index (χ1v) is 11.8. The van der Waals surface area contributed by atoms with Gasteiger partial charge in [0.1, 0.15) is 0 Å². The van der Waals surface area contributed by atoms with Gasteiger partial charge in [-0.25, -0.2) is 8.42 Å². The summed E-state index contributed by atoms with van der Waals surface area (Å²) in [5.74, 6) is 1.24. The number of nitrogens with one attached hydrogen (secondary N) is 1. The Hall–Kier alpha value is -2.34. The van der Waals surface area contributed by atoms with E-state index in [1.54, 1.807) is 12.1 Å². The van der Waals surface area contributed by atoms with Crippen molar-refractivity contribution in [3.8, 4) is 0 Å². The standard InChI is InChI=1S/C23H25NO4S/c25-22(26)18-1-5-20(6-2-18)24-29(27,28)21-7-3-19(4-8-21)23-12-15-9-16(13-23)11-17(10-15)14-23/h1-8,15-17,24H,9-14H2,(H,25,26)/p-1. The molecule has 0 unspecified atom stereocenters. The molecule has 0 radical (unpaired) electrons. The molecule has 0 saturated heterocycles. The largest absolute Gasteiger partial charge is 0.545 e. The molecule has 5 nitrogen and oxygen atoms in total. The lowest BCUT2D eigenvalue weighted by Gasteiger charge is -2.57. The van der Waals surface area contributed by atoms with E-state index in [4.69, 9.17) is 0 Å². The Morgan fingerprint density at radius 2 is 1.38 bits per heavy atom. The molecule has 2 aromatic carbocycles. The van der Waals surface area contributed by atoms with E-state index in [9.17, 15) is 18.3 Å². The van der Waals surface area contributed by atoms with Crippen molar-refractivity contribution in [2.24, 2.45) is 17.8 Å². The number of aromatic carboxylic acids is 1. The van der Waals surface area contributed by atoms with E-state index in [0.29, 0.717) is 5.69 Å². The summed E-state index contributed by atoms with van der Waals surface area (Å²) < 4.78 is 28.0. The van der Waals surface area contributed by atoms with Crippen LogP contribution in [0.15, 0.2) is 53.4 Å². The van der Waals surface area contributed by atoms with Crippen molar-refractivity contribution in [2.75, 3.05) is 4.72 Å². The van der Waals surface area contributed by atoms with Gasteiger partial charge in [0.05, 0.1) is 10.9 Å². The Bertz CT molecular complexity index is 1010. The van der Waals surface area contributed by atoms with Crippen molar-refractivity contribution in [1.29, 1.82) is 0 Å². The third-order valence-corrected chi connectivity index (χ3v) is 8.59. The zero-order chi connectivity index (χ0) is 20.2. The number of carboxylic acids is 1. The predicted molar refractivity (Wildman–Crippen MR) is 108 cm³/mol. The zero-order valence-electron chi connectivity index (χ0n) is 16.1. The average Bonchev–Trinajstić information content (AvgIpc) is 2.67. The molecular formula is C23H24NO4S-. The molecule has 4 aliphatic carbocycles. The van der Waals surface area contributed by atoms with Crippen LogP contribution in [0.2, 0.25) is 0 Å². The zero-order valence-corrected chi connectivity index (χ0v) is 17.0. The van der Waals surface area contributed by atoms with Crippen molar-refractivity contribution in [3.63, 3.8) is 0 Å². The maximum atomic E-state index is 12.7. The molecule has 2 aromatic rings. The van der Waals surface area contributed by atoms with Crippen LogP contribution in [0.5, 0.6) is 0 Å². The van der Waals surface area contributed by atoms with Crippen molar-refractivity contribution in [2.45, 2.75) is 48.8 Å². The summed E-state index contributed by atoms with van der Waals surface area (Å²) in [6, 6.07) is 12.9. The van der Waals surface area contributed by atoms with Crippen LogP contribution in [0.25, 0.3) is 0 Å². The summed E-state index contributed by atoms with van der Waals surface area (Å²) in [6.07, 6.45) is 7.88. The first-order chi connectivity index (χ1) is 13.8. The normalized spacial score (nSPS) is 30.3. The molecule has 6 heteroatoms. The van der Waals surface area contributed by atoms with Gasteiger partial charge in [0, 0.05) is 5.69 Å². The molecule has 4 saturated carbocycles. The van der Waals surface area contributed by atoms with Gasteiger partial charge in [0.15, 0.2) is 0 Å². The van der Waals surface area contributed by atoms with Gasteiger partial charge in [-0.15, -0.1) is 0 Å². The maximum absolute atomic E-state index is 12.7. The number of rotatable bonds is 5. The summed E-state index contributed by atoms with van der Waals surface area (Å²) in [4.78, 5) is 11.0. The molecule has 6 rings (SSSR count). The maximum Gasteiger partial charge on any atom is 0.261 e. The molecule has 29 heavy (non-hydrogen) atoms. The van der Waals surface area contributed by atoms with Crippen LogP contribution in [0.1, 0.15) is 54.4 Å². The molecule has 4 bridgehead atoms. The Morgan fingerprint density at radius 1 is 0.862 bits per heavy atom. The van der Waals surface area contributed by atoms with Gasteiger partial charge in [-0.1, -0.05) is 24.3 Å². The molecule has 0 atom stereocenters. The summed E-state index contributed by atoms with van der Waals surface area (Å²) in [7, 11) is -3.73. The van der Waals surface area contributed by atoms with Gasteiger partial charge < -0.3 is 9.90 Å². The summed E-state index contributed by atoms with van der Waals surface area (Å²) in [6.45, 7) is 0. The third kappa shape index (κ3) is 3.33. The molecule has 4 fully saturated rings. The number of carboxylic acid groups (broad SMARTS) is 1. The Morgan fingerprint density at radius 3 is 1.86 bits per heavy atom. The fraction of sp³-hybridized carbons (Fsp3) is 0.435. The molecule has 1 N–H and O–H groups in total. The van der Waals surface area contributed by atoms with Crippen LogP contribution in [-0.4, -0.2) is 14.4 Å².